The number of benzene rings is 1. The summed E-state index contributed by atoms with van der Waals surface area (Å²) < 4.78 is 20.8. The van der Waals surface area contributed by atoms with Gasteiger partial charge < -0.3 is 14.2 Å². The first kappa shape index (κ1) is 23.9. The van der Waals surface area contributed by atoms with Crippen LogP contribution in [0, 0.1) is 17.1 Å². The maximum atomic E-state index is 14.1. The molecule has 1 fully saturated rings. The summed E-state index contributed by atoms with van der Waals surface area (Å²) in [6.45, 7) is 8.11. The minimum absolute atomic E-state index is 0.0829. The van der Waals surface area contributed by atoms with Gasteiger partial charge in [0.1, 0.15) is 23.1 Å². The SMILES string of the molecule is COCc1cc(C(C)N2C[C@H](C)N(c3cc(=O)n(C)c4ccc(C#N)nc34)C[C@H]2C)ccc1F. The molecule has 7 nitrogen and oxygen atoms in total. The van der Waals surface area contributed by atoms with Gasteiger partial charge in [-0.05, 0) is 50.6 Å². The summed E-state index contributed by atoms with van der Waals surface area (Å²) in [5.74, 6) is -0.259. The van der Waals surface area contributed by atoms with Crippen molar-refractivity contribution in [1.29, 1.82) is 5.26 Å². The van der Waals surface area contributed by atoms with E-state index >= 15 is 0 Å². The van der Waals surface area contributed by atoms with Crippen molar-refractivity contribution >= 4 is 16.7 Å². The molecule has 0 saturated carbocycles. The van der Waals surface area contributed by atoms with Crippen molar-refractivity contribution in [3.05, 3.63) is 69.4 Å². The summed E-state index contributed by atoms with van der Waals surface area (Å²) in [6.07, 6.45) is 0. The van der Waals surface area contributed by atoms with Crippen molar-refractivity contribution in [2.45, 2.75) is 45.5 Å². The van der Waals surface area contributed by atoms with Crippen LogP contribution in [0.3, 0.4) is 0 Å². The van der Waals surface area contributed by atoms with Gasteiger partial charge in [-0.2, -0.15) is 5.26 Å². The number of fused-ring (bicyclic) bond motifs is 1. The van der Waals surface area contributed by atoms with Crippen LogP contribution >= 0.6 is 0 Å². The Morgan fingerprint density at radius 3 is 2.68 bits per heavy atom. The number of rotatable bonds is 5. The highest BCUT2D eigenvalue weighted by molar-refractivity contribution is 5.89. The number of pyridine rings is 2. The number of aryl methyl sites for hydroxylation is 1. The number of hydrogen-bond donors (Lipinski definition) is 0. The summed E-state index contributed by atoms with van der Waals surface area (Å²) in [5.41, 5.74) is 3.92. The molecule has 0 N–H and O–H groups in total. The molecular formula is C26H30FN5O2. The number of aromatic nitrogens is 2. The van der Waals surface area contributed by atoms with Crippen LogP contribution in [0.2, 0.25) is 0 Å². The first-order valence-corrected chi connectivity index (χ1v) is 11.5. The number of piperazine rings is 1. The molecule has 1 aromatic carbocycles. The standard InChI is InChI=1S/C26H30FN5O2/c1-16-14-32(24-11-25(33)30(4)23-9-7-21(12-28)29-26(23)24)17(2)13-31(16)18(3)19-6-8-22(27)20(10-19)15-34-5/h6-11,16-18H,13-15H2,1-5H3/t16-,17+,18?/m1/s1. The lowest BCUT2D eigenvalue weighted by Crippen LogP contribution is -2.57. The third-order valence-corrected chi connectivity index (χ3v) is 6.88. The molecule has 34 heavy (non-hydrogen) atoms. The fourth-order valence-electron chi connectivity index (χ4n) is 4.93. The van der Waals surface area contributed by atoms with Crippen LogP contribution in [0.5, 0.6) is 0 Å². The number of halogens is 1. The van der Waals surface area contributed by atoms with Crippen LogP contribution in [0.25, 0.3) is 11.0 Å². The van der Waals surface area contributed by atoms with Gasteiger partial charge in [-0.15, -0.1) is 0 Å². The van der Waals surface area contributed by atoms with Crippen molar-refractivity contribution < 1.29 is 9.13 Å². The normalized spacial score (nSPS) is 19.9. The molecule has 2 aromatic heterocycles. The molecule has 4 rings (SSSR count). The second kappa shape index (κ2) is 9.53. The van der Waals surface area contributed by atoms with Gasteiger partial charge in [-0.3, -0.25) is 9.69 Å². The Kier molecular flexibility index (Phi) is 6.69. The summed E-state index contributed by atoms with van der Waals surface area (Å²) in [5, 5.41) is 9.36. The molecule has 0 amide bonds. The van der Waals surface area contributed by atoms with Crippen LogP contribution in [-0.4, -0.2) is 46.7 Å². The molecular weight excluding hydrogens is 433 g/mol. The largest absolute Gasteiger partial charge is 0.380 e. The zero-order valence-corrected chi connectivity index (χ0v) is 20.2. The molecule has 0 spiro atoms. The van der Waals surface area contributed by atoms with E-state index in [0.29, 0.717) is 28.8 Å². The zero-order chi connectivity index (χ0) is 24.6. The number of ether oxygens (including phenoxy) is 1. The maximum absolute atomic E-state index is 14.1. The second-order valence-corrected chi connectivity index (χ2v) is 9.11. The minimum atomic E-state index is -0.259. The van der Waals surface area contributed by atoms with Crippen molar-refractivity contribution in [3.8, 4) is 6.07 Å². The fourth-order valence-corrected chi connectivity index (χ4v) is 4.93. The number of methoxy groups -OCH3 is 1. The first-order chi connectivity index (χ1) is 16.2. The van der Waals surface area contributed by atoms with E-state index in [1.54, 1.807) is 36.9 Å². The Morgan fingerprint density at radius 2 is 1.97 bits per heavy atom. The Morgan fingerprint density at radius 1 is 1.21 bits per heavy atom. The molecule has 0 radical (unpaired) electrons. The Bertz CT molecular complexity index is 1320. The number of nitriles is 1. The Hall–Kier alpha value is -3.28. The van der Waals surface area contributed by atoms with E-state index in [1.165, 1.54) is 6.07 Å². The monoisotopic (exact) mass is 463 g/mol. The summed E-state index contributed by atoms with van der Waals surface area (Å²) in [4.78, 5) is 21.9. The highest BCUT2D eigenvalue weighted by atomic mass is 19.1. The third kappa shape index (κ3) is 4.29. The maximum Gasteiger partial charge on any atom is 0.252 e. The quantitative estimate of drug-likeness (QED) is 0.574. The van der Waals surface area contributed by atoms with Gasteiger partial charge in [0.15, 0.2) is 0 Å². The summed E-state index contributed by atoms with van der Waals surface area (Å²) >= 11 is 0. The molecule has 1 unspecified atom stereocenters. The lowest BCUT2D eigenvalue weighted by molar-refractivity contribution is 0.119. The van der Waals surface area contributed by atoms with E-state index in [2.05, 4.69) is 41.6 Å². The van der Waals surface area contributed by atoms with Crippen LogP contribution in [-0.2, 0) is 18.4 Å². The molecule has 1 aliphatic heterocycles. The molecule has 1 aliphatic rings. The molecule has 8 heteroatoms. The van der Waals surface area contributed by atoms with Gasteiger partial charge in [0.05, 0.1) is 17.8 Å². The topological polar surface area (TPSA) is 74.4 Å². The smallest absolute Gasteiger partial charge is 0.252 e. The summed E-state index contributed by atoms with van der Waals surface area (Å²) in [7, 11) is 3.28. The van der Waals surface area contributed by atoms with Gasteiger partial charge in [-0.1, -0.05) is 6.07 Å². The second-order valence-electron chi connectivity index (χ2n) is 9.11. The van der Waals surface area contributed by atoms with Gasteiger partial charge >= 0.3 is 0 Å². The van der Waals surface area contributed by atoms with Crippen molar-refractivity contribution in [3.63, 3.8) is 0 Å². The average Bonchev–Trinajstić information content (AvgIpc) is 2.83. The van der Waals surface area contributed by atoms with Gasteiger partial charge in [-0.25, -0.2) is 9.37 Å². The molecule has 3 heterocycles. The number of nitrogens with zero attached hydrogens (tertiary/aromatic N) is 5. The first-order valence-electron chi connectivity index (χ1n) is 11.5. The lowest BCUT2D eigenvalue weighted by Gasteiger charge is -2.47. The highest BCUT2D eigenvalue weighted by Gasteiger charge is 2.34. The van der Waals surface area contributed by atoms with Crippen molar-refractivity contribution in [1.82, 2.24) is 14.5 Å². The van der Waals surface area contributed by atoms with E-state index in [9.17, 15) is 14.4 Å². The van der Waals surface area contributed by atoms with Crippen LogP contribution < -0.4 is 10.5 Å². The van der Waals surface area contributed by atoms with Gasteiger partial charge in [0.2, 0.25) is 0 Å². The van der Waals surface area contributed by atoms with Crippen LogP contribution in [0.1, 0.15) is 43.6 Å². The van der Waals surface area contributed by atoms with Crippen LogP contribution in [0.4, 0.5) is 10.1 Å². The fraction of sp³-hybridized carbons (Fsp3) is 0.423. The Labute approximate surface area is 199 Å². The molecule has 3 atom stereocenters. The Balaban J connectivity index is 1.66. The zero-order valence-electron chi connectivity index (χ0n) is 20.2. The number of anilines is 1. The molecule has 1 saturated heterocycles. The van der Waals surface area contributed by atoms with Crippen LogP contribution in [0.15, 0.2) is 41.2 Å². The summed E-state index contributed by atoms with van der Waals surface area (Å²) in [6, 6.07) is 12.7. The van der Waals surface area contributed by atoms with E-state index in [0.717, 1.165) is 17.8 Å². The molecule has 0 bridgehead atoms. The van der Waals surface area contributed by atoms with Crippen molar-refractivity contribution in [2.24, 2.45) is 7.05 Å². The molecule has 3 aromatic rings. The predicted octanol–water partition coefficient (Wildman–Crippen LogP) is 3.75. The van der Waals surface area contributed by atoms with E-state index < -0.39 is 0 Å². The van der Waals surface area contributed by atoms with Gasteiger partial charge in [0.25, 0.3) is 5.56 Å². The van der Waals surface area contributed by atoms with E-state index in [-0.39, 0.29) is 36.1 Å². The minimum Gasteiger partial charge on any atom is -0.380 e. The lowest BCUT2D eigenvalue weighted by atomic mass is 9.98. The average molecular weight is 464 g/mol. The molecule has 0 aliphatic carbocycles. The van der Waals surface area contributed by atoms with Gasteiger partial charge in [0, 0.05) is 57.0 Å². The highest BCUT2D eigenvalue weighted by Crippen LogP contribution is 2.33. The predicted molar refractivity (Wildman–Crippen MR) is 130 cm³/mol. The third-order valence-electron chi connectivity index (χ3n) is 6.88. The van der Waals surface area contributed by atoms with Crippen molar-refractivity contribution in [2.75, 3.05) is 25.1 Å². The van der Waals surface area contributed by atoms with E-state index in [1.807, 2.05) is 12.1 Å². The number of hydrogen-bond acceptors (Lipinski definition) is 6. The van der Waals surface area contributed by atoms with E-state index in [4.69, 9.17) is 4.74 Å². The molecule has 178 valence electrons.